The highest BCUT2D eigenvalue weighted by Gasteiger charge is 2.49. The first-order valence-corrected chi connectivity index (χ1v) is 12.7. The maximum atomic E-state index is 12.6. The summed E-state index contributed by atoms with van der Waals surface area (Å²) in [4.78, 5) is 21.5. The zero-order valence-electron chi connectivity index (χ0n) is 21.3. The van der Waals surface area contributed by atoms with E-state index < -0.39 is 5.60 Å². The molecular weight excluding hydrogens is 468 g/mol. The Kier molecular flexibility index (Phi) is 5.64. The second kappa shape index (κ2) is 8.89. The van der Waals surface area contributed by atoms with Crippen LogP contribution in [0.3, 0.4) is 0 Å². The fourth-order valence-corrected chi connectivity index (χ4v) is 5.53. The average Bonchev–Trinajstić information content (AvgIpc) is 3.31. The van der Waals surface area contributed by atoms with Crippen LogP contribution < -0.4 is 4.90 Å². The number of pyridine rings is 2. The molecule has 2 unspecified atom stereocenters. The van der Waals surface area contributed by atoms with Crippen molar-refractivity contribution in [2.45, 2.75) is 51.3 Å². The van der Waals surface area contributed by atoms with Crippen molar-refractivity contribution >= 4 is 23.0 Å². The van der Waals surface area contributed by atoms with Crippen LogP contribution in [-0.2, 0) is 9.47 Å². The molecule has 0 aromatic carbocycles. The summed E-state index contributed by atoms with van der Waals surface area (Å²) in [5, 5.41) is 14.1. The normalized spacial score (nSPS) is 21.3. The van der Waals surface area contributed by atoms with Crippen LogP contribution >= 0.6 is 0 Å². The highest BCUT2D eigenvalue weighted by molar-refractivity contribution is 5.87. The zero-order chi connectivity index (χ0) is 25.7. The molecule has 3 fully saturated rings. The Morgan fingerprint density at radius 3 is 2.65 bits per heavy atom. The van der Waals surface area contributed by atoms with E-state index in [1.165, 1.54) is 5.57 Å². The van der Waals surface area contributed by atoms with E-state index >= 15 is 0 Å². The van der Waals surface area contributed by atoms with Gasteiger partial charge in [-0.05, 0) is 62.9 Å². The fourth-order valence-electron chi connectivity index (χ4n) is 5.53. The molecule has 2 bridgehead atoms. The third-order valence-electron chi connectivity index (χ3n) is 7.25. The molecular formula is C28H30N6O3. The number of piperidine rings is 1. The molecule has 4 aliphatic rings. The molecule has 0 radical (unpaired) electrons. The summed E-state index contributed by atoms with van der Waals surface area (Å²) >= 11 is 0. The molecule has 0 saturated carbocycles. The zero-order valence-corrected chi connectivity index (χ0v) is 21.3. The van der Waals surface area contributed by atoms with Gasteiger partial charge in [0.1, 0.15) is 17.5 Å². The lowest BCUT2D eigenvalue weighted by atomic mass is 9.88. The monoisotopic (exact) mass is 498 g/mol. The third-order valence-corrected chi connectivity index (χ3v) is 7.25. The summed E-state index contributed by atoms with van der Waals surface area (Å²) in [7, 11) is 0. The van der Waals surface area contributed by atoms with Crippen LogP contribution in [0.4, 0.5) is 10.6 Å². The van der Waals surface area contributed by atoms with E-state index in [1.54, 1.807) is 10.7 Å². The molecule has 1 amide bonds. The van der Waals surface area contributed by atoms with Crippen LogP contribution in [0.2, 0.25) is 0 Å². The van der Waals surface area contributed by atoms with Gasteiger partial charge >= 0.3 is 6.09 Å². The number of anilines is 1. The molecule has 3 aromatic heterocycles. The first kappa shape index (κ1) is 23.5. The predicted molar refractivity (Wildman–Crippen MR) is 139 cm³/mol. The molecule has 3 saturated heterocycles. The van der Waals surface area contributed by atoms with Crippen molar-refractivity contribution in [3.63, 3.8) is 0 Å². The van der Waals surface area contributed by atoms with Gasteiger partial charge in [0.2, 0.25) is 0 Å². The topological polar surface area (TPSA) is 96.0 Å². The summed E-state index contributed by atoms with van der Waals surface area (Å²) < 4.78 is 12.9. The number of hydrogen-bond acceptors (Lipinski definition) is 7. The Hall–Kier alpha value is -3.90. The fraction of sp³-hybridized carbons (Fsp3) is 0.429. The van der Waals surface area contributed by atoms with E-state index in [1.807, 2.05) is 44.1 Å². The minimum Gasteiger partial charge on any atom is -0.444 e. The van der Waals surface area contributed by atoms with Gasteiger partial charge in [0.05, 0.1) is 42.6 Å². The summed E-state index contributed by atoms with van der Waals surface area (Å²) in [6, 6.07) is 8.76. The van der Waals surface area contributed by atoms with Crippen molar-refractivity contribution in [1.29, 1.82) is 5.26 Å². The number of fused-ring (bicyclic) bond motifs is 3. The van der Waals surface area contributed by atoms with E-state index in [0.29, 0.717) is 18.8 Å². The summed E-state index contributed by atoms with van der Waals surface area (Å²) in [5.74, 6) is 0.885. The number of piperazine rings is 1. The van der Waals surface area contributed by atoms with E-state index in [9.17, 15) is 10.1 Å². The number of nitriles is 1. The van der Waals surface area contributed by atoms with Crippen LogP contribution in [0.15, 0.2) is 42.9 Å². The Morgan fingerprint density at radius 2 is 2.00 bits per heavy atom. The molecule has 4 aliphatic heterocycles. The van der Waals surface area contributed by atoms with Crippen LogP contribution in [0.5, 0.6) is 0 Å². The average molecular weight is 499 g/mol. The Bertz CT molecular complexity index is 1420. The van der Waals surface area contributed by atoms with E-state index in [-0.39, 0.29) is 18.2 Å². The number of rotatable bonds is 3. The van der Waals surface area contributed by atoms with Gasteiger partial charge < -0.3 is 14.4 Å². The molecule has 7 rings (SSSR count). The van der Waals surface area contributed by atoms with Gasteiger partial charge in [-0.3, -0.25) is 4.90 Å². The van der Waals surface area contributed by atoms with Gasteiger partial charge in [-0.15, -0.1) is 0 Å². The van der Waals surface area contributed by atoms with Crippen molar-refractivity contribution in [2.75, 3.05) is 31.2 Å². The molecule has 0 aliphatic carbocycles. The maximum absolute atomic E-state index is 12.6. The maximum Gasteiger partial charge on any atom is 0.410 e. The molecule has 0 N–H and O–H groups in total. The van der Waals surface area contributed by atoms with Crippen molar-refractivity contribution in [2.24, 2.45) is 0 Å². The van der Waals surface area contributed by atoms with Crippen LogP contribution in [0.1, 0.15) is 44.7 Å². The molecule has 190 valence electrons. The smallest absolute Gasteiger partial charge is 0.410 e. The first-order valence-electron chi connectivity index (χ1n) is 12.7. The second-order valence-electron chi connectivity index (χ2n) is 10.9. The van der Waals surface area contributed by atoms with Crippen molar-refractivity contribution < 1.29 is 14.3 Å². The number of ether oxygens (including phenoxy) is 2. The lowest BCUT2D eigenvalue weighted by molar-refractivity contribution is -0.0380. The highest BCUT2D eigenvalue weighted by atomic mass is 16.6. The number of hydrogen-bond donors (Lipinski definition) is 0. The van der Waals surface area contributed by atoms with Gasteiger partial charge in [0, 0.05) is 36.6 Å². The minimum atomic E-state index is -0.497. The van der Waals surface area contributed by atoms with Gasteiger partial charge in [0.25, 0.3) is 0 Å². The molecule has 0 spiro atoms. The molecule has 7 heterocycles. The van der Waals surface area contributed by atoms with Crippen molar-refractivity contribution in [3.05, 3.63) is 54.0 Å². The number of carbonyl (C=O) groups excluding carboxylic acids is 1. The standard InChI is InChI=1S/C28H30N6O3/c1-28(2,3)37-27(35)34-22-11-23(34)17-32(16-22)25-5-4-19(13-30-25)24-10-20(18-6-8-36-9-7-18)15-33-26(24)21(12-29)14-31-33/h4-6,10,13-15,22-23H,7-9,11,16-17H2,1-3H3. The van der Waals surface area contributed by atoms with Gasteiger partial charge in [0.15, 0.2) is 0 Å². The molecule has 9 nitrogen and oxygen atoms in total. The van der Waals surface area contributed by atoms with E-state index in [2.05, 4.69) is 34.3 Å². The van der Waals surface area contributed by atoms with Crippen molar-refractivity contribution in [1.82, 2.24) is 19.5 Å². The summed E-state index contributed by atoms with van der Waals surface area (Å²) in [6.45, 7) is 8.45. The van der Waals surface area contributed by atoms with E-state index in [4.69, 9.17) is 14.5 Å². The number of carbonyl (C=O) groups is 1. The molecule has 37 heavy (non-hydrogen) atoms. The predicted octanol–water partition coefficient (Wildman–Crippen LogP) is 4.27. The van der Waals surface area contributed by atoms with Gasteiger partial charge in [-0.25, -0.2) is 14.3 Å². The number of amides is 1. The lowest BCUT2D eigenvalue weighted by Crippen LogP contribution is -2.70. The van der Waals surface area contributed by atoms with Crippen LogP contribution in [0, 0.1) is 11.3 Å². The Balaban J connectivity index is 1.26. The number of nitrogens with zero attached hydrogens (tertiary/aromatic N) is 6. The third kappa shape index (κ3) is 4.31. The Morgan fingerprint density at radius 1 is 1.19 bits per heavy atom. The molecule has 9 heteroatoms. The summed E-state index contributed by atoms with van der Waals surface area (Å²) in [6.07, 6.45) is 9.17. The second-order valence-corrected chi connectivity index (χ2v) is 10.9. The SMILES string of the molecule is CC(C)(C)OC(=O)N1C2CC1CN(c1ccc(-c3cc(C4=CCOCC4)cn4ncc(C#N)c34)cn1)C2. The molecule has 3 aromatic rings. The quantitative estimate of drug-likeness (QED) is 0.532. The van der Waals surface area contributed by atoms with Crippen LogP contribution in [0.25, 0.3) is 22.2 Å². The van der Waals surface area contributed by atoms with Gasteiger partial charge in [-0.1, -0.05) is 6.08 Å². The molecule has 2 atom stereocenters. The minimum absolute atomic E-state index is 0.143. The Labute approximate surface area is 215 Å². The van der Waals surface area contributed by atoms with Crippen molar-refractivity contribution in [3.8, 4) is 17.2 Å². The van der Waals surface area contributed by atoms with Crippen LogP contribution in [-0.4, -0.2) is 69.6 Å². The highest BCUT2D eigenvalue weighted by Crippen LogP contribution is 2.36. The first-order chi connectivity index (χ1) is 17.8. The summed E-state index contributed by atoms with van der Waals surface area (Å²) in [5.41, 5.74) is 4.96. The largest absolute Gasteiger partial charge is 0.444 e. The lowest BCUT2D eigenvalue weighted by Gasteiger charge is -2.56. The van der Waals surface area contributed by atoms with E-state index in [0.717, 1.165) is 54.0 Å². The van der Waals surface area contributed by atoms with Gasteiger partial charge in [-0.2, -0.15) is 10.4 Å². The number of aromatic nitrogens is 3.